The highest BCUT2D eigenvalue weighted by molar-refractivity contribution is 6.31. The van der Waals surface area contributed by atoms with Gasteiger partial charge in [-0.05, 0) is 41.8 Å². The van der Waals surface area contributed by atoms with Crippen LogP contribution in [0.3, 0.4) is 0 Å². The molecule has 0 unspecified atom stereocenters. The molecule has 4 aromatic rings. The summed E-state index contributed by atoms with van der Waals surface area (Å²) in [5.41, 5.74) is 2.06. The number of benzene rings is 2. The molecular weight excluding hydrogens is 268 g/mol. The van der Waals surface area contributed by atoms with Gasteiger partial charge in [-0.1, -0.05) is 35.9 Å². The summed E-state index contributed by atoms with van der Waals surface area (Å²) in [4.78, 5) is 4.71. The molecule has 20 heavy (non-hydrogen) atoms. The summed E-state index contributed by atoms with van der Waals surface area (Å²) in [5, 5.41) is 3.01. The minimum atomic E-state index is 0.708. The standard InChI is InChI=1S/C17H11ClN2/c18-14-7-5-12-6-8-17(19-15(12)11-14)20-10-9-13-3-1-2-4-16(13)20/h1-11H. The molecule has 0 aliphatic rings. The molecule has 4 rings (SSSR count). The summed E-state index contributed by atoms with van der Waals surface area (Å²) >= 11 is 6.04. The van der Waals surface area contributed by atoms with Crippen LogP contribution in [0.15, 0.2) is 66.9 Å². The molecule has 0 aliphatic carbocycles. The Kier molecular flexibility index (Phi) is 2.51. The maximum absolute atomic E-state index is 6.04. The second-order valence-electron chi connectivity index (χ2n) is 4.75. The highest BCUT2D eigenvalue weighted by atomic mass is 35.5. The predicted octanol–water partition coefficient (Wildman–Crippen LogP) is 4.83. The Morgan fingerprint density at radius 3 is 2.65 bits per heavy atom. The molecule has 0 atom stereocenters. The molecule has 0 saturated carbocycles. The van der Waals surface area contributed by atoms with Crippen LogP contribution < -0.4 is 0 Å². The van der Waals surface area contributed by atoms with Crippen molar-refractivity contribution in [2.24, 2.45) is 0 Å². The van der Waals surface area contributed by atoms with Crippen molar-refractivity contribution in [3.8, 4) is 5.82 Å². The number of fused-ring (bicyclic) bond motifs is 2. The van der Waals surface area contributed by atoms with Gasteiger partial charge in [0.1, 0.15) is 5.82 Å². The van der Waals surface area contributed by atoms with Crippen molar-refractivity contribution in [2.45, 2.75) is 0 Å². The fraction of sp³-hybridized carbons (Fsp3) is 0. The molecule has 96 valence electrons. The SMILES string of the molecule is Clc1ccc2ccc(-n3ccc4ccccc43)nc2c1. The lowest BCUT2D eigenvalue weighted by molar-refractivity contribution is 1.06. The van der Waals surface area contributed by atoms with E-state index < -0.39 is 0 Å². The Balaban J connectivity index is 1.97. The molecule has 0 spiro atoms. The van der Waals surface area contributed by atoms with E-state index in [2.05, 4.69) is 28.8 Å². The van der Waals surface area contributed by atoms with Crippen LogP contribution in [-0.2, 0) is 0 Å². The van der Waals surface area contributed by atoms with E-state index in [1.807, 2.05) is 42.6 Å². The zero-order valence-electron chi connectivity index (χ0n) is 10.6. The summed E-state index contributed by atoms with van der Waals surface area (Å²) in [6.07, 6.45) is 2.05. The Bertz CT molecular complexity index is 924. The van der Waals surface area contributed by atoms with Crippen LogP contribution in [0, 0.1) is 0 Å². The minimum absolute atomic E-state index is 0.708. The molecule has 2 aromatic carbocycles. The van der Waals surface area contributed by atoms with E-state index in [0.717, 1.165) is 22.2 Å². The topological polar surface area (TPSA) is 17.8 Å². The molecular formula is C17H11ClN2. The number of halogens is 1. The van der Waals surface area contributed by atoms with E-state index in [4.69, 9.17) is 16.6 Å². The van der Waals surface area contributed by atoms with Gasteiger partial charge in [-0.2, -0.15) is 0 Å². The first-order valence-electron chi connectivity index (χ1n) is 6.44. The van der Waals surface area contributed by atoms with Gasteiger partial charge in [-0.15, -0.1) is 0 Å². The Hall–Kier alpha value is -2.32. The summed E-state index contributed by atoms with van der Waals surface area (Å²) in [6.45, 7) is 0. The molecule has 0 bridgehead atoms. The average Bonchev–Trinajstić information content (AvgIpc) is 2.90. The molecule has 3 heteroatoms. The van der Waals surface area contributed by atoms with Gasteiger partial charge in [0.2, 0.25) is 0 Å². The van der Waals surface area contributed by atoms with E-state index in [9.17, 15) is 0 Å². The highest BCUT2D eigenvalue weighted by Crippen LogP contribution is 2.22. The third-order valence-electron chi connectivity index (χ3n) is 3.49. The van der Waals surface area contributed by atoms with Gasteiger partial charge in [0.05, 0.1) is 11.0 Å². The van der Waals surface area contributed by atoms with Crippen LogP contribution in [0.5, 0.6) is 0 Å². The predicted molar refractivity (Wildman–Crippen MR) is 83.6 cm³/mol. The fourth-order valence-electron chi connectivity index (χ4n) is 2.50. The first kappa shape index (κ1) is 11.5. The van der Waals surface area contributed by atoms with E-state index in [1.54, 1.807) is 0 Å². The number of hydrogen-bond acceptors (Lipinski definition) is 1. The lowest BCUT2D eigenvalue weighted by atomic mass is 10.2. The highest BCUT2D eigenvalue weighted by Gasteiger charge is 2.05. The number of pyridine rings is 1. The van der Waals surface area contributed by atoms with Crippen LogP contribution in [0.2, 0.25) is 5.02 Å². The molecule has 2 nitrogen and oxygen atoms in total. The molecule has 0 fully saturated rings. The smallest absolute Gasteiger partial charge is 0.137 e. The largest absolute Gasteiger partial charge is 0.301 e. The van der Waals surface area contributed by atoms with Gasteiger partial charge in [0, 0.05) is 16.6 Å². The van der Waals surface area contributed by atoms with E-state index in [-0.39, 0.29) is 0 Å². The Morgan fingerprint density at radius 2 is 1.70 bits per heavy atom. The van der Waals surface area contributed by atoms with Gasteiger partial charge < -0.3 is 4.57 Å². The number of rotatable bonds is 1. The Morgan fingerprint density at radius 1 is 0.850 bits per heavy atom. The lowest BCUT2D eigenvalue weighted by Gasteiger charge is -2.06. The quantitative estimate of drug-likeness (QED) is 0.487. The third-order valence-corrected chi connectivity index (χ3v) is 3.72. The number of hydrogen-bond donors (Lipinski definition) is 0. The van der Waals surface area contributed by atoms with Crippen LogP contribution in [0.4, 0.5) is 0 Å². The number of nitrogens with zero attached hydrogens (tertiary/aromatic N) is 2. The van der Waals surface area contributed by atoms with Crippen molar-refractivity contribution in [2.75, 3.05) is 0 Å². The van der Waals surface area contributed by atoms with Gasteiger partial charge in [-0.3, -0.25) is 0 Å². The van der Waals surface area contributed by atoms with Crippen LogP contribution in [0.25, 0.3) is 27.6 Å². The second-order valence-corrected chi connectivity index (χ2v) is 5.19. The van der Waals surface area contributed by atoms with E-state index >= 15 is 0 Å². The summed E-state index contributed by atoms with van der Waals surface area (Å²) in [5.74, 6) is 0.904. The zero-order chi connectivity index (χ0) is 13.5. The summed E-state index contributed by atoms with van der Waals surface area (Å²) in [6, 6.07) is 20.2. The molecule has 0 N–H and O–H groups in total. The molecule has 0 aliphatic heterocycles. The third kappa shape index (κ3) is 1.77. The molecule has 0 radical (unpaired) electrons. The normalized spacial score (nSPS) is 11.2. The molecule has 2 aromatic heterocycles. The van der Waals surface area contributed by atoms with Gasteiger partial charge in [0.15, 0.2) is 0 Å². The molecule has 0 saturated heterocycles. The van der Waals surface area contributed by atoms with Gasteiger partial charge >= 0.3 is 0 Å². The monoisotopic (exact) mass is 278 g/mol. The number of aromatic nitrogens is 2. The number of para-hydroxylation sites is 1. The van der Waals surface area contributed by atoms with Crippen molar-refractivity contribution in [3.05, 3.63) is 71.9 Å². The lowest BCUT2D eigenvalue weighted by Crippen LogP contribution is -1.95. The van der Waals surface area contributed by atoms with Crippen LogP contribution in [-0.4, -0.2) is 9.55 Å². The maximum atomic E-state index is 6.04. The molecule has 0 amide bonds. The van der Waals surface area contributed by atoms with Crippen molar-refractivity contribution in [1.29, 1.82) is 0 Å². The van der Waals surface area contributed by atoms with Crippen molar-refractivity contribution in [3.63, 3.8) is 0 Å². The first-order chi connectivity index (χ1) is 9.81. The van der Waals surface area contributed by atoms with Crippen LogP contribution >= 0.6 is 11.6 Å². The average molecular weight is 279 g/mol. The van der Waals surface area contributed by atoms with Crippen molar-refractivity contribution < 1.29 is 0 Å². The van der Waals surface area contributed by atoms with E-state index in [1.165, 1.54) is 5.39 Å². The van der Waals surface area contributed by atoms with Crippen LogP contribution in [0.1, 0.15) is 0 Å². The van der Waals surface area contributed by atoms with Gasteiger partial charge in [0.25, 0.3) is 0 Å². The zero-order valence-corrected chi connectivity index (χ0v) is 11.4. The van der Waals surface area contributed by atoms with Crippen molar-refractivity contribution in [1.82, 2.24) is 9.55 Å². The van der Waals surface area contributed by atoms with E-state index in [0.29, 0.717) is 5.02 Å². The maximum Gasteiger partial charge on any atom is 0.137 e. The molecule has 2 heterocycles. The summed E-state index contributed by atoms with van der Waals surface area (Å²) in [7, 11) is 0. The first-order valence-corrected chi connectivity index (χ1v) is 6.82. The second kappa shape index (κ2) is 4.36. The van der Waals surface area contributed by atoms with Gasteiger partial charge in [-0.25, -0.2) is 4.98 Å². The summed E-state index contributed by atoms with van der Waals surface area (Å²) < 4.78 is 2.09. The fourth-order valence-corrected chi connectivity index (χ4v) is 2.66. The van der Waals surface area contributed by atoms with Crippen molar-refractivity contribution >= 4 is 33.4 Å². The Labute approximate surface area is 121 Å². The minimum Gasteiger partial charge on any atom is -0.301 e.